The lowest BCUT2D eigenvalue weighted by Gasteiger charge is -2.45. The minimum absolute atomic E-state index is 0.0117. The smallest absolute Gasteiger partial charge is 0.332 e. The Labute approximate surface area is 97.0 Å². The second-order valence-corrected chi connectivity index (χ2v) is 6.42. The lowest BCUT2D eigenvalue weighted by Crippen LogP contribution is -2.68. The summed E-state index contributed by atoms with van der Waals surface area (Å²) in [5.41, 5.74) is -1.25. The summed E-state index contributed by atoms with van der Waals surface area (Å²) < 4.78 is -0.544. The molecule has 0 aromatic rings. The summed E-state index contributed by atoms with van der Waals surface area (Å²) in [5.74, 6) is -1.18. The van der Waals surface area contributed by atoms with Crippen LogP contribution in [0.15, 0.2) is 0 Å². The van der Waals surface area contributed by atoms with Crippen LogP contribution in [0.5, 0.6) is 0 Å². The Hall–Kier alpha value is -0.420. The molecular weight excluding hydrogens is 238 g/mol. The molecule has 0 saturated carbocycles. The molecule has 2 fully saturated rings. The molecule has 0 aromatic heterocycles. The summed E-state index contributed by atoms with van der Waals surface area (Å²) in [6.45, 7) is 3.67. The number of carboxylic acids is 1. The highest BCUT2D eigenvalue weighted by atomic mass is 35.5. The van der Waals surface area contributed by atoms with E-state index >= 15 is 0 Å². The summed E-state index contributed by atoms with van der Waals surface area (Å²) in [6.07, 6.45) is 0.431. The lowest BCUT2D eigenvalue weighted by molar-refractivity contribution is -0.166. The second-order valence-electron chi connectivity index (χ2n) is 4.35. The number of hydrogen-bond donors (Lipinski definition) is 1. The maximum Gasteiger partial charge on any atom is 0.332 e. The standard InChI is InChI=1S/C9H12ClNO3S/c1-8(2)9(4-10,7(13)14)11-5(12)3-6(11)15-8/h6H,3-4H2,1-2H3,(H,13,14)/t6-,9+/m1/s1. The van der Waals surface area contributed by atoms with E-state index < -0.39 is 16.3 Å². The fraction of sp³-hybridized carbons (Fsp3) is 0.778. The molecule has 1 N–H and O–H groups in total. The van der Waals surface area contributed by atoms with Gasteiger partial charge in [0.05, 0.1) is 17.7 Å². The number of rotatable bonds is 2. The summed E-state index contributed by atoms with van der Waals surface area (Å²) in [6, 6.07) is 0. The van der Waals surface area contributed by atoms with Crippen molar-refractivity contribution in [2.75, 3.05) is 5.88 Å². The zero-order chi connectivity index (χ0) is 11.4. The van der Waals surface area contributed by atoms with Crippen molar-refractivity contribution in [3.63, 3.8) is 0 Å². The third-order valence-corrected chi connectivity index (χ3v) is 5.25. The van der Waals surface area contributed by atoms with Gasteiger partial charge >= 0.3 is 5.97 Å². The number of β-lactam (4-membered cyclic amide) rings is 1. The number of carboxylic acid groups (broad SMARTS) is 1. The number of nitrogens with zero attached hydrogens (tertiary/aromatic N) is 1. The van der Waals surface area contributed by atoms with Crippen molar-refractivity contribution in [2.45, 2.75) is 35.9 Å². The maximum atomic E-state index is 11.5. The topological polar surface area (TPSA) is 57.6 Å². The van der Waals surface area contributed by atoms with Gasteiger partial charge in [0.15, 0.2) is 5.54 Å². The van der Waals surface area contributed by atoms with Gasteiger partial charge in [0.25, 0.3) is 0 Å². The first-order valence-corrected chi connectivity index (χ1v) is 6.07. The summed E-state index contributed by atoms with van der Waals surface area (Å²) in [7, 11) is 0. The molecular formula is C9H12ClNO3S. The number of carbonyl (C=O) groups is 2. The molecule has 0 aromatic carbocycles. The van der Waals surface area contributed by atoms with Gasteiger partial charge in [-0.15, -0.1) is 23.4 Å². The van der Waals surface area contributed by atoms with E-state index in [2.05, 4.69) is 0 Å². The Balaban J connectivity index is 2.49. The van der Waals surface area contributed by atoms with E-state index in [1.807, 2.05) is 13.8 Å². The second kappa shape index (κ2) is 3.04. The number of carbonyl (C=O) groups excluding carboxylic acids is 1. The van der Waals surface area contributed by atoms with Gasteiger partial charge < -0.3 is 10.0 Å². The van der Waals surface area contributed by atoms with Crippen molar-refractivity contribution in [1.29, 1.82) is 0 Å². The van der Waals surface area contributed by atoms with E-state index in [4.69, 9.17) is 11.6 Å². The van der Waals surface area contributed by atoms with Gasteiger partial charge in [-0.3, -0.25) is 4.79 Å². The Kier molecular flexibility index (Phi) is 2.25. The third-order valence-electron chi connectivity index (χ3n) is 3.29. The molecule has 0 unspecified atom stereocenters. The van der Waals surface area contributed by atoms with Gasteiger partial charge in [-0.1, -0.05) is 0 Å². The van der Waals surface area contributed by atoms with E-state index in [1.54, 1.807) is 0 Å². The van der Waals surface area contributed by atoms with Crippen LogP contribution in [0.25, 0.3) is 0 Å². The van der Waals surface area contributed by atoms with Crippen molar-refractivity contribution in [3.8, 4) is 0 Å². The molecule has 2 atom stereocenters. The minimum Gasteiger partial charge on any atom is -0.479 e. The molecule has 2 saturated heterocycles. The molecule has 2 aliphatic heterocycles. The van der Waals surface area contributed by atoms with Crippen molar-refractivity contribution >= 4 is 35.2 Å². The van der Waals surface area contributed by atoms with Crippen LogP contribution < -0.4 is 0 Å². The Bertz CT molecular complexity index is 346. The molecule has 0 aliphatic carbocycles. The molecule has 2 heterocycles. The Morgan fingerprint density at radius 3 is 2.67 bits per heavy atom. The molecule has 0 radical (unpaired) electrons. The van der Waals surface area contributed by atoms with Crippen molar-refractivity contribution in [2.24, 2.45) is 0 Å². The molecule has 1 amide bonds. The third kappa shape index (κ3) is 1.11. The summed E-state index contributed by atoms with van der Waals surface area (Å²) in [5, 5.41) is 9.34. The molecule has 84 valence electrons. The van der Waals surface area contributed by atoms with Crippen molar-refractivity contribution in [1.82, 2.24) is 4.90 Å². The number of hydrogen-bond acceptors (Lipinski definition) is 3. The van der Waals surface area contributed by atoms with Crippen LogP contribution in [0.4, 0.5) is 0 Å². The van der Waals surface area contributed by atoms with Crippen LogP contribution in [0.2, 0.25) is 0 Å². The zero-order valence-electron chi connectivity index (χ0n) is 8.49. The van der Waals surface area contributed by atoms with Crippen LogP contribution in [0, 0.1) is 0 Å². The number of aliphatic carboxylic acids is 1. The predicted octanol–water partition coefficient (Wildman–Crippen LogP) is 1.13. The molecule has 2 aliphatic rings. The van der Waals surface area contributed by atoms with Crippen LogP contribution in [0.3, 0.4) is 0 Å². The number of halogens is 1. The molecule has 6 heteroatoms. The van der Waals surface area contributed by atoms with Crippen molar-refractivity contribution in [3.05, 3.63) is 0 Å². The predicted molar refractivity (Wildman–Crippen MR) is 58.0 cm³/mol. The highest BCUT2D eigenvalue weighted by Crippen LogP contribution is 2.57. The first kappa shape index (κ1) is 11.1. The van der Waals surface area contributed by atoms with Crippen LogP contribution in [-0.4, -0.2) is 43.4 Å². The molecule has 15 heavy (non-hydrogen) atoms. The quantitative estimate of drug-likeness (QED) is 0.589. The van der Waals surface area contributed by atoms with E-state index in [0.717, 1.165) is 0 Å². The van der Waals surface area contributed by atoms with E-state index in [1.165, 1.54) is 16.7 Å². The van der Waals surface area contributed by atoms with E-state index in [-0.39, 0.29) is 17.2 Å². The van der Waals surface area contributed by atoms with Crippen LogP contribution in [0.1, 0.15) is 20.3 Å². The first-order chi connectivity index (χ1) is 6.87. The fourth-order valence-electron chi connectivity index (χ4n) is 2.31. The Morgan fingerprint density at radius 1 is 1.73 bits per heavy atom. The normalized spacial score (nSPS) is 37.4. The molecule has 2 rings (SSSR count). The molecule has 4 nitrogen and oxygen atoms in total. The largest absolute Gasteiger partial charge is 0.479 e. The van der Waals surface area contributed by atoms with Gasteiger partial charge in [0.1, 0.15) is 0 Å². The maximum absolute atomic E-state index is 11.5. The number of fused-ring (bicyclic) bond motifs is 1. The monoisotopic (exact) mass is 249 g/mol. The van der Waals surface area contributed by atoms with Crippen molar-refractivity contribution < 1.29 is 14.7 Å². The van der Waals surface area contributed by atoms with Gasteiger partial charge in [0.2, 0.25) is 5.91 Å². The highest BCUT2D eigenvalue weighted by Gasteiger charge is 2.68. The average Bonchev–Trinajstić information content (AvgIpc) is 2.29. The number of amides is 1. The number of thioether (sulfide) groups is 1. The summed E-state index contributed by atoms with van der Waals surface area (Å²) in [4.78, 5) is 24.3. The van der Waals surface area contributed by atoms with Gasteiger partial charge in [-0.2, -0.15) is 0 Å². The Morgan fingerprint density at radius 2 is 2.33 bits per heavy atom. The number of alkyl halides is 1. The fourth-order valence-corrected chi connectivity index (χ4v) is 4.73. The lowest BCUT2D eigenvalue weighted by atomic mass is 9.83. The van der Waals surface area contributed by atoms with E-state index in [0.29, 0.717) is 6.42 Å². The zero-order valence-corrected chi connectivity index (χ0v) is 10.1. The minimum atomic E-state index is -1.25. The summed E-state index contributed by atoms with van der Waals surface area (Å²) >= 11 is 7.34. The SMILES string of the molecule is CC1(C)S[C@@H]2CC(=O)N2[C@@]1(CCl)C(=O)O. The van der Waals surface area contributed by atoms with Crippen LogP contribution >= 0.6 is 23.4 Å². The highest BCUT2D eigenvalue weighted by molar-refractivity contribution is 8.01. The van der Waals surface area contributed by atoms with E-state index in [9.17, 15) is 14.7 Å². The van der Waals surface area contributed by atoms with Gasteiger partial charge in [-0.05, 0) is 13.8 Å². The average molecular weight is 250 g/mol. The van der Waals surface area contributed by atoms with Gasteiger partial charge in [0, 0.05) is 4.75 Å². The molecule has 0 bridgehead atoms. The van der Waals surface area contributed by atoms with Crippen LogP contribution in [-0.2, 0) is 9.59 Å². The molecule has 0 spiro atoms. The first-order valence-electron chi connectivity index (χ1n) is 4.66. The van der Waals surface area contributed by atoms with Gasteiger partial charge in [-0.25, -0.2) is 4.79 Å².